The van der Waals surface area contributed by atoms with E-state index in [9.17, 15) is 14.7 Å². The van der Waals surface area contributed by atoms with Gasteiger partial charge >= 0.3 is 0 Å². The third-order valence-corrected chi connectivity index (χ3v) is 7.84. The highest BCUT2D eigenvalue weighted by Gasteiger charge is 2.47. The maximum Gasteiger partial charge on any atom is 0.300 e. The molecule has 1 aliphatic heterocycles. The molecular formula is C36H37NO4. The molecule has 0 radical (unpaired) electrons. The predicted molar refractivity (Wildman–Crippen MR) is 166 cm³/mol. The van der Waals surface area contributed by atoms with E-state index in [0.29, 0.717) is 17.0 Å². The Kier molecular flexibility index (Phi) is 7.02. The fourth-order valence-corrected chi connectivity index (χ4v) is 5.58. The van der Waals surface area contributed by atoms with Gasteiger partial charge in [-0.05, 0) is 51.6 Å². The second-order valence-electron chi connectivity index (χ2n) is 12.7. The van der Waals surface area contributed by atoms with E-state index in [0.717, 1.165) is 27.5 Å². The van der Waals surface area contributed by atoms with Gasteiger partial charge in [0.25, 0.3) is 11.7 Å². The first-order valence-corrected chi connectivity index (χ1v) is 13.9. The van der Waals surface area contributed by atoms with Crippen molar-refractivity contribution in [2.45, 2.75) is 58.4 Å². The number of benzene rings is 4. The molecule has 1 saturated heterocycles. The first kappa shape index (κ1) is 28.2. The minimum absolute atomic E-state index is 0.0662. The first-order chi connectivity index (χ1) is 19.3. The van der Waals surface area contributed by atoms with E-state index in [-0.39, 0.29) is 22.2 Å². The maximum absolute atomic E-state index is 13.8. The molecule has 1 fully saturated rings. The molecule has 1 aliphatic rings. The summed E-state index contributed by atoms with van der Waals surface area (Å²) < 4.78 is 5.59. The van der Waals surface area contributed by atoms with E-state index in [4.69, 9.17) is 4.74 Å². The second kappa shape index (κ2) is 10.2. The van der Waals surface area contributed by atoms with Gasteiger partial charge in [0.15, 0.2) is 0 Å². The van der Waals surface area contributed by atoms with Gasteiger partial charge in [0.05, 0.1) is 24.4 Å². The number of Topliss-reactive ketones (excluding diaryl/α,β-unsaturated/α-hetero) is 1. The smallest absolute Gasteiger partial charge is 0.300 e. The number of carbonyl (C=O) groups excluding carboxylic acids is 2. The zero-order valence-electron chi connectivity index (χ0n) is 24.8. The van der Waals surface area contributed by atoms with Gasteiger partial charge in [-0.25, -0.2) is 0 Å². The van der Waals surface area contributed by atoms with Crippen LogP contribution in [0.4, 0.5) is 5.69 Å². The number of rotatable bonds is 4. The van der Waals surface area contributed by atoms with E-state index in [2.05, 4.69) is 41.5 Å². The Morgan fingerprint density at radius 1 is 0.805 bits per heavy atom. The highest BCUT2D eigenvalue weighted by Crippen LogP contribution is 2.45. The van der Waals surface area contributed by atoms with Crippen molar-refractivity contribution in [1.82, 2.24) is 0 Å². The first-order valence-electron chi connectivity index (χ1n) is 13.9. The van der Waals surface area contributed by atoms with E-state index in [1.54, 1.807) is 19.2 Å². The summed E-state index contributed by atoms with van der Waals surface area (Å²) in [5, 5.41) is 13.6. The van der Waals surface area contributed by atoms with Crippen LogP contribution in [0.25, 0.3) is 16.5 Å². The normalized spacial score (nSPS) is 17.3. The minimum atomic E-state index is -0.810. The number of aliphatic hydroxyl groups is 1. The lowest BCUT2D eigenvalue weighted by Gasteiger charge is -2.28. The zero-order valence-corrected chi connectivity index (χ0v) is 24.8. The molecule has 0 bridgehead atoms. The van der Waals surface area contributed by atoms with Crippen LogP contribution < -0.4 is 9.64 Å². The van der Waals surface area contributed by atoms with Crippen molar-refractivity contribution in [3.05, 3.63) is 113 Å². The lowest BCUT2D eigenvalue weighted by molar-refractivity contribution is -0.132. The van der Waals surface area contributed by atoms with Crippen molar-refractivity contribution in [3.63, 3.8) is 0 Å². The lowest BCUT2D eigenvalue weighted by atomic mass is 9.84. The highest BCUT2D eigenvalue weighted by molar-refractivity contribution is 6.52. The van der Waals surface area contributed by atoms with Crippen molar-refractivity contribution < 1.29 is 19.4 Å². The Balaban J connectivity index is 1.77. The Bertz CT molecular complexity index is 1680. The fourth-order valence-electron chi connectivity index (χ4n) is 5.58. The van der Waals surface area contributed by atoms with Gasteiger partial charge < -0.3 is 9.84 Å². The summed E-state index contributed by atoms with van der Waals surface area (Å²) in [6, 6.07) is 26.0. The zero-order chi connectivity index (χ0) is 29.7. The predicted octanol–water partition coefficient (Wildman–Crippen LogP) is 8.07. The number of ketones is 1. The second-order valence-corrected chi connectivity index (χ2v) is 12.7. The van der Waals surface area contributed by atoms with Gasteiger partial charge in [0.2, 0.25) is 0 Å². The summed E-state index contributed by atoms with van der Waals surface area (Å²) in [4.78, 5) is 29.2. The van der Waals surface area contributed by atoms with Crippen LogP contribution in [0.5, 0.6) is 5.75 Å². The fraction of sp³-hybridized carbons (Fsp3) is 0.278. The summed E-state index contributed by atoms with van der Waals surface area (Å²) >= 11 is 0. The molecule has 4 aromatic carbocycles. The lowest BCUT2D eigenvalue weighted by Crippen LogP contribution is -2.29. The van der Waals surface area contributed by atoms with Gasteiger partial charge in [-0.1, -0.05) is 102 Å². The van der Waals surface area contributed by atoms with Crippen molar-refractivity contribution >= 4 is 33.9 Å². The third-order valence-electron chi connectivity index (χ3n) is 7.84. The molecule has 0 saturated carbocycles. The van der Waals surface area contributed by atoms with Gasteiger partial charge in [-0.3, -0.25) is 14.5 Å². The summed E-state index contributed by atoms with van der Waals surface area (Å²) in [6.45, 7) is 12.6. The number of hydrogen-bond donors (Lipinski definition) is 1. The Labute approximate surface area is 242 Å². The third kappa shape index (κ3) is 5.01. The standard InChI is InChI=1S/C36H37NO4/c1-35(2,3)25-18-15-23(16-19-25)31-30(32(38)24-17-20-29(41-7)27(21-24)36(4,5)6)33(39)34(40)37(31)28-14-10-12-22-11-8-9-13-26(22)28/h8-21,31,38H,1-7H3/b32-30+. The summed E-state index contributed by atoms with van der Waals surface area (Å²) in [7, 11) is 1.61. The molecule has 1 N–H and O–H groups in total. The van der Waals surface area contributed by atoms with Crippen molar-refractivity contribution in [1.29, 1.82) is 0 Å². The van der Waals surface area contributed by atoms with Crippen LogP contribution in [0.15, 0.2) is 90.5 Å². The molecule has 0 aliphatic carbocycles. The highest BCUT2D eigenvalue weighted by atomic mass is 16.5. The molecule has 5 rings (SSSR count). The Morgan fingerprint density at radius 3 is 2.10 bits per heavy atom. The van der Waals surface area contributed by atoms with Crippen LogP contribution in [-0.2, 0) is 20.4 Å². The molecule has 1 heterocycles. The summed E-state index contributed by atoms with van der Waals surface area (Å²) in [6.07, 6.45) is 0. The van der Waals surface area contributed by atoms with Crippen molar-refractivity contribution in [2.24, 2.45) is 0 Å². The molecule has 1 atom stereocenters. The molecule has 210 valence electrons. The Morgan fingerprint density at radius 2 is 1.46 bits per heavy atom. The van der Waals surface area contributed by atoms with Crippen LogP contribution >= 0.6 is 0 Å². The number of fused-ring (bicyclic) bond motifs is 1. The van der Waals surface area contributed by atoms with Gasteiger partial charge in [0, 0.05) is 16.5 Å². The van der Waals surface area contributed by atoms with Crippen LogP contribution in [0.2, 0.25) is 0 Å². The number of methoxy groups -OCH3 is 1. The van der Waals surface area contributed by atoms with E-state index in [1.807, 2.05) is 72.8 Å². The number of nitrogens with zero attached hydrogens (tertiary/aromatic N) is 1. The molecule has 5 nitrogen and oxygen atoms in total. The summed E-state index contributed by atoms with van der Waals surface area (Å²) in [5.74, 6) is -0.894. The average Bonchev–Trinajstić information content (AvgIpc) is 3.20. The molecular weight excluding hydrogens is 510 g/mol. The van der Waals surface area contributed by atoms with E-state index < -0.39 is 17.7 Å². The van der Waals surface area contributed by atoms with Gasteiger partial charge in [-0.2, -0.15) is 0 Å². The quantitative estimate of drug-likeness (QED) is 0.159. The number of amides is 1. The SMILES string of the molecule is COc1ccc(/C(O)=C2\C(=O)C(=O)N(c3cccc4ccccc34)C2c2ccc(C(C)(C)C)cc2)cc1C(C)(C)C. The molecule has 5 heteroatoms. The van der Waals surface area contributed by atoms with Crippen LogP contribution in [0, 0.1) is 0 Å². The van der Waals surface area contributed by atoms with Crippen LogP contribution in [0.1, 0.15) is 69.8 Å². The number of hydrogen-bond acceptors (Lipinski definition) is 4. The number of anilines is 1. The van der Waals surface area contributed by atoms with Crippen molar-refractivity contribution in [3.8, 4) is 5.75 Å². The molecule has 0 spiro atoms. The topological polar surface area (TPSA) is 66.8 Å². The number of carbonyl (C=O) groups is 2. The van der Waals surface area contributed by atoms with Gasteiger partial charge in [0.1, 0.15) is 11.5 Å². The maximum atomic E-state index is 13.8. The molecule has 4 aromatic rings. The average molecular weight is 548 g/mol. The Hall–Kier alpha value is -4.38. The monoisotopic (exact) mass is 547 g/mol. The molecule has 41 heavy (non-hydrogen) atoms. The molecule has 1 unspecified atom stereocenters. The minimum Gasteiger partial charge on any atom is -0.507 e. The van der Waals surface area contributed by atoms with E-state index >= 15 is 0 Å². The van der Waals surface area contributed by atoms with Crippen molar-refractivity contribution in [2.75, 3.05) is 12.0 Å². The van der Waals surface area contributed by atoms with E-state index in [1.165, 1.54) is 4.90 Å². The van der Waals surface area contributed by atoms with Crippen LogP contribution in [0.3, 0.4) is 0 Å². The number of ether oxygens (including phenoxy) is 1. The molecule has 0 aromatic heterocycles. The molecule has 1 amide bonds. The summed E-state index contributed by atoms with van der Waals surface area (Å²) in [5.41, 5.74) is 3.57. The largest absolute Gasteiger partial charge is 0.507 e. The van der Waals surface area contributed by atoms with Crippen LogP contribution in [-0.4, -0.2) is 23.9 Å². The number of aliphatic hydroxyl groups excluding tert-OH is 1. The van der Waals surface area contributed by atoms with Gasteiger partial charge in [-0.15, -0.1) is 0 Å².